The van der Waals surface area contributed by atoms with Gasteiger partial charge < -0.3 is 5.73 Å². The van der Waals surface area contributed by atoms with Crippen molar-refractivity contribution in [3.8, 4) is 5.69 Å². The van der Waals surface area contributed by atoms with Crippen LogP contribution in [0.3, 0.4) is 0 Å². The van der Waals surface area contributed by atoms with Gasteiger partial charge in [-0.2, -0.15) is 5.10 Å². The fourth-order valence-corrected chi connectivity index (χ4v) is 1.61. The Balaban J connectivity index is 2.60. The van der Waals surface area contributed by atoms with Crippen LogP contribution >= 0.6 is 0 Å². The summed E-state index contributed by atoms with van der Waals surface area (Å²) in [4.78, 5) is 11.3. The van der Waals surface area contributed by atoms with Gasteiger partial charge in [0.15, 0.2) is 5.78 Å². The summed E-state index contributed by atoms with van der Waals surface area (Å²) in [5.74, 6) is 0.440. The molecule has 0 spiro atoms. The molecule has 0 aliphatic rings. The number of nitrogens with two attached hydrogens (primary N) is 1. The molecule has 0 saturated carbocycles. The topological polar surface area (TPSA) is 60.9 Å². The summed E-state index contributed by atoms with van der Waals surface area (Å²) in [5.41, 5.74) is 7.94. The molecule has 16 heavy (non-hydrogen) atoms. The van der Waals surface area contributed by atoms with E-state index in [9.17, 15) is 4.79 Å². The summed E-state index contributed by atoms with van der Waals surface area (Å²) >= 11 is 0. The lowest BCUT2D eigenvalue weighted by molar-refractivity contribution is 0.101. The fraction of sp³-hybridized carbons (Fsp3) is 0.167. The van der Waals surface area contributed by atoms with E-state index in [-0.39, 0.29) is 5.78 Å². The van der Waals surface area contributed by atoms with E-state index in [2.05, 4.69) is 5.10 Å². The number of rotatable bonds is 2. The number of para-hydroxylation sites is 1. The lowest BCUT2D eigenvalue weighted by Gasteiger charge is -2.02. The Morgan fingerprint density at radius 3 is 2.44 bits per heavy atom. The summed E-state index contributed by atoms with van der Waals surface area (Å²) < 4.78 is 1.59. The summed E-state index contributed by atoms with van der Waals surface area (Å²) in [7, 11) is 0. The third-order valence-corrected chi connectivity index (χ3v) is 2.50. The number of carbonyl (C=O) groups is 1. The van der Waals surface area contributed by atoms with Crippen molar-refractivity contribution >= 4 is 11.6 Å². The maximum Gasteiger partial charge on any atom is 0.180 e. The second-order valence-corrected chi connectivity index (χ2v) is 3.66. The molecule has 4 heteroatoms. The van der Waals surface area contributed by atoms with Crippen molar-refractivity contribution in [3.63, 3.8) is 0 Å². The second kappa shape index (κ2) is 3.81. The monoisotopic (exact) mass is 215 g/mol. The molecule has 0 atom stereocenters. The van der Waals surface area contributed by atoms with Gasteiger partial charge in [-0.1, -0.05) is 18.2 Å². The molecule has 0 aliphatic carbocycles. The third kappa shape index (κ3) is 1.58. The number of ketones is 1. The van der Waals surface area contributed by atoms with E-state index in [0.29, 0.717) is 11.5 Å². The maximum absolute atomic E-state index is 11.3. The van der Waals surface area contributed by atoms with Crippen LogP contribution in [0.4, 0.5) is 5.82 Å². The van der Waals surface area contributed by atoms with Gasteiger partial charge in [0.1, 0.15) is 11.5 Å². The number of hydrogen-bond acceptors (Lipinski definition) is 3. The average Bonchev–Trinajstić information content (AvgIpc) is 2.58. The highest BCUT2D eigenvalue weighted by Crippen LogP contribution is 2.20. The van der Waals surface area contributed by atoms with Crippen LogP contribution in [0.15, 0.2) is 30.3 Å². The molecule has 0 saturated heterocycles. The van der Waals surface area contributed by atoms with Crippen molar-refractivity contribution in [1.82, 2.24) is 9.78 Å². The van der Waals surface area contributed by atoms with Crippen molar-refractivity contribution in [2.75, 3.05) is 5.73 Å². The number of nitrogens with zero attached hydrogens (tertiary/aromatic N) is 2. The Labute approximate surface area is 93.7 Å². The van der Waals surface area contributed by atoms with Crippen molar-refractivity contribution in [3.05, 3.63) is 41.6 Å². The molecule has 2 N–H and O–H groups in total. The predicted octanol–water partition coefficient (Wildman–Crippen LogP) is 1.97. The molecule has 0 aliphatic heterocycles. The van der Waals surface area contributed by atoms with Crippen molar-refractivity contribution in [1.29, 1.82) is 0 Å². The summed E-state index contributed by atoms with van der Waals surface area (Å²) in [5, 5.41) is 4.22. The van der Waals surface area contributed by atoms with Crippen LogP contribution in [0.2, 0.25) is 0 Å². The number of Topliss-reactive ketones (excluding diaryl/α,β-unsaturated/α-hetero) is 1. The zero-order chi connectivity index (χ0) is 11.7. The molecule has 1 aromatic carbocycles. The molecule has 2 rings (SSSR count). The molecule has 1 heterocycles. The van der Waals surface area contributed by atoms with E-state index in [1.807, 2.05) is 30.3 Å². The Morgan fingerprint density at radius 1 is 1.31 bits per heavy atom. The van der Waals surface area contributed by atoms with E-state index in [0.717, 1.165) is 11.3 Å². The van der Waals surface area contributed by atoms with Gasteiger partial charge in [0.2, 0.25) is 0 Å². The van der Waals surface area contributed by atoms with Gasteiger partial charge in [-0.15, -0.1) is 0 Å². The first-order valence-corrected chi connectivity index (χ1v) is 5.02. The number of carbonyl (C=O) groups excluding carboxylic acids is 1. The Hall–Kier alpha value is -2.10. The first-order chi connectivity index (χ1) is 7.61. The Bertz CT molecular complexity index is 529. The van der Waals surface area contributed by atoms with Gasteiger partial charge >= 0.3 is 0 Å². The van der Waals surface area contributed by atoms with Crippen molar-refractivity contribution in [2.24, 2.45) is 0 Å². The van der Waals surface area contributed by atoms with Crippen LogP contribution in [0.1, 0.15) is 23.0 Å². The van der Waals surface area contributed by atoms with Gasteiger partial charge in [-0.3, -0.25) is 4.79 Å². The number of anilines is 1. The highest BCUT2D eigenvalue weighted by atomic mass is 16.1. The van der Waals surface area contributed by atoms with Crippen molar-refractivity contribution in [2.45, 2.75) is 13.8 Å². The predicted molar refractivity (Wildman–Crippen MR) is 62.7 cm³/mol. The molecule has 82 valence electrons. The molecule has 0 amide bonds. The lowest BCUT2D eigenvalue weighted by Crippen LogP contribution is -2.02. The molecule has 2 aromatic rings. The smallest absolute Gasteiger partial charge is 0.180 e. The first-order valence-electron chi connectivity index (χ1n) is 5.02. The molecule has 1 aromatic heterocycles. The van der Waals surface area contributed by atoms with Gasteiger partial charge in [-0.25, -0.2) is 4.68 Å². The van der Waals surface area contributed by atoms with Crippen LogP contribution in [-0.4, -0.2) is 15.6 Å². The molecular formula is C12H13N3O. The minimum atomic E-state index is -0.0705. The molecule has 0 unspecified atom stereocenters. The zero-order valence-electron chi connectivity index (χ0n) is 9.27. The van der Waals surface area contributed by atoms with Crippen LogP contribution in [0.25, 0.3) is 5.69 Å². The normalized spacial score (nSPS) is 10.4. The van der Waals surface area contributed by atoms with E-state index in [1.54, 1.807) is 11.6 Å². The molecule has 0 radical (unpaired) electrons. The van der Waals surface area contributed by atoms with E-state index >= 15 is 0 Å². The SMILES string of the molecule is CC(=O)c1nn(-c2ccccc2)c(N)c1C. The molecule has 4 nitrogen and oxygen atoms in total. The standard InChI is InChI=1S/C12H13N3O/c1-8-11(9(2)16)14-15(12(8)13)10-6-4-3-5-7-10/h3-7H,13H2,1-2H3. The Morgan fingerprint density at radius 2 is 1.94 bits per heavy atom. The Kier molecular flexibility index (Phi) is 2.48. The van der Waals surface area contributed by atoms with Gasteiger partial charge in [0.25, 0.3) is 0 Å². The van der Waals surface area contributed by atoms with Gasteiger partial charge in [-0.05, 0) is 19.1 Å². The maximum atomic E-state index is 11.3. The largest absolute Gasteiger partial charge is 0.383 e. The third-order valence-electron chi connectivity index (χ3n) is 2.50. The minimum Gasteiger partial charge on any atom is -0.383 e. The highest BCUT2D eigenvalue weighted by molar-refractivity contribution is 5.94. The van der Waals surface area contributed by atoms with Crippen LogP contribution in [0, 0.1) is 6.92 Å². The summed E-state index contributed by atoms with van der Waals surface area (Å²) in [6, 6.07) is 9.51. The highest BCUT2D eigenvalue weighted by Gasteiger charge is 2.15. The first kappa shape index (κ1) is 10.4. The summed E-state index contributed by atoms with van der Waals surface area (Å²) in [6.07, 6.45) is 0. The van der Waals surface area contributed by atoms with Crippen LogP contribution in [0.5, 0.6) is 0 Å². The minimum absolute atomic E-state index is 0.0705. The van der Waals surface area contributed by atoms with E-state index in [1.165, 1.54) is 6.92 Å². The second-order valence-electron chi connectivity index (χ2n) is 3.66. The number of hydrogen-bond donors (Lipinski definition) is 1. The van der Waals surface area contributed by atoms with Gasteiger partial charge in [0, 0.05) is 12.5 Å². The molecule has 0 bridgehead atoms. The van der Waals surface area contributed by atoms with Crippen LogP contribution in [-0.2, 0) is 0 Å². The van der Waals surface area contributed by atoms with Crippen molar-refractivity contribution < 1.29 is 4.79 Å². The van der Waals surface area contributed by atoms with Crippen LogP contribution < -0.4 is 5.73 Å². The molecular weight excluding hydrogens is 202 g/mol. The quantitative estimate of drug-likeness (QED) is 0.779. The average molecular weight is 215 g/mol. The van der Waals surface area contributed by atoms with E-state index < -0.39 is 0 Å². The number of aromatic nitrogens is 2. The van der Waals surface area contributed by atoms with Gasteiger partial charge in [0.05, 0.1) is 5.69 Å². The molecule has 0 fully saturated rings. The number of nitrogen functional groups attached to an aromatic ring is 1. The number of benzene rings is 1. The van der Waals surface area contributed by atoms with E-state index in [4.69, 9.17) is 5.73 Å². The fourth-order valence-electron chi connectivity index (χ4n) is 1.61. The zero-order valence-corrected chi connectivity index (χ0v) is 9.27. The lowest BCUT2D eigenvalue weighted by atomic mass is 10.2. The summed E-state index contributed by atoms with van der Waals surface area (Å²) in [6.45, 7) is 3.29.